The van der Waals surface area contributed by atoms with Crippen LogP contribution in [0.4, 0.5) is 0 Å². The van der Waals surface area contributed by atoms with Crippen molar-refractivity contribution in [2.75, 3.05) is 14.1 Å². The Balaban J connectivity index is 2.18. The zero-order valence-corrected chi connectivity index (χ0v) is 11.1. The predicted molar refractivity (Wildman–Crippen MR) is 70.9 cm³/mol. The van der Waals surface area contributed by atoms with Crippen molar-refractivity contribution < 1.29 is 0 Å². The molecular weight excluding hydrogens is 264 g/mol. The lowest BCUT2D eigenvalue weighted by molar-refractivity contribution is 0.287. The van der Waals surface area contributed by atoms with Crippen LogP contribution in [0.1, 0.15) is 11.1 Å². The Kier molecular flexibility index (Phi) is 2.33. The fraction of sp³-hybridized carbons (Fsp3) is 0.385. The van der Waals surface area contributed by atoms with Crippen molar-refractivity contribution in [3.8, 4) is 0 Å². The number of H-pyrrole nitrogens is 1. The molecule has 0 fully saturated rings. The number of hydrogen-bond donors (Lipinski definition) is 1. The third-order valence-electron chi connectivity index (χ3n) is 3.55. The highest BCUT2D eigenvalue weighted by Gasteiger charge is 2.23. The quantitative estimate of drug-likeness (QED) is 0.850. The van der Waals surface area contributed by atoms with Gasteiger partial charge in [-0.3, -0.25) is 0 Å². The van der Waals surface area contributed by atoms with Gasteiger partial charge in [-0.1, -0.05) is 15.9 Å². The minimum Gasteiger partial charge on any atom is -0.361 e. The molecule has 16 heavy (non-hydrogen) atoms. The van der Waals surface area contributed by atoms with Crippen molar-refractivity contribution in [2.24, 2.45) is 0 Å². The molecule has 1 aliphatic carbocycles. The zero-order valence-electron chi connectivity index (χ0n) is 9.55. The van der Waals surface area contributed by atoms with Crippen LogP contribution in [0.15, 0.2) is 22.8 Å². The van der Waals surface area contributed by atoms with Gasteiger partial charge in [0.05, 0.1) is 0 Å². The van der Waals surface area contributed by atoms with Crippen molar-refractivity contribution >= 4 is 26.8 Å². The van der Waals surface area contributed by atoms with Crippen LogP contribution in [0.25, 0.3) is 10.9 Å². The summed E-state index contributed by atoms with van der Waals surface area (Å²) in [5.74, 6) is 0. The molecule has 1 unspecified atom stereocenters. The van der Waals surface area contributed by atoms with Crippen LogP contribution in [-0.4, -0.2) is 30.0 Å². The van der Waals surface area contributed by atoms with Crippen molar-refractivity contribution in [1.82, 2.24) is 9.88 Å². The average Bonchev–Trinajstić information content (AvgIpc) is 2.62. The van der Waals surface area contributed by atoms with E-state index in [1.54, 1.807) is 0 Å². The smallest absolute Gasteiger partial charge is 0.0470 e. The first-order valence-corrected chi connectivity index (χ1v) is 6.39. The summed E-state index contributed by atoms with van der Waals surface area (Å²) in [7, 11) is 4.33. The second-order valence-electron chi connectivity index (χ2n) is 4.83. The van der Waals surface area contributed by atoms with E-state index in [-0.39, 0.29) is 0 Å². The van der Waals surface area contributed by atoms with Gasteiger partial charge in [0.15, 0.2) is 0 Å². The molecule has 84 valence electrons. The molecule has 3 heteroatoms. The van der Waals surface area contributed by atoms with Crippen molar-refractivity contribution in [2.45, 2.75) is 18.9 Å². The van der Waals surface area contributed by atoms with E-state index in [9.17, 15) is 0 Å². The Hall–Kier alpha value is -0.800. The molecule has 0 aliphatic heterocycles. The van der Waals surface area contributed by atoms with E-state index in [1.807, 2.05) is 0 Å². The zero-order chi connectivity index (χ0) is 11.3. The molecule has 2 nitrogen and oxygen atoms in total. The summed E-state index contributed by atoms with van der Waals surface area (Å²) in [4.78, 5) is 5.69. The van der Waals surface area contributed by atoms with Crippen LogP contribution in [0.2, 0.25) is 0 Å². The van der Waals surface area contributed by atoms with Gasteiger partial charge in [-0.2, -0.15) is 0 Å². The number of aromatic nitrogens is 1. The van der Waals surface area contributed by atoms with Gasteiger partial charge in [0.2, 0.25) is 0 Å². The topological polar surface area (TPSA) is 19.0 Å². The second-order valence-corrected chi connectivity index (χ2v) is 5.74. The lowest BCUT2D eigenvalue weighted by Crippen LogP contribution is -2.33. The Morgan fingerprint density at radius 1 is 1.25 bits per heavy atom. The van der Waals surface area contributed by atoms with Crippen molar-refractivity contribution in [3.63, 3.8) is 0 Å². The Labute approximate surface area is 104 Å². The van der Waals surface area contributed by atoms with Crippen LogP contribution < -0.4 is 0 Å². The maximum Gasteiger partial charge on any atom is 0.0470 e. The largest absolute Gasteiger partial charge is 0.361 e. The van der Waals surface area contributed by atoms with E-state index in [0.717, 1.165) is 12.8 Å². The summed E-state index contributed by atoms with van der Waals surface area (Å²) < 4.78 is 1.17. The Bertz CT molecular complexity index is 542. The molecule has 1 N–H and O–H groups in total. The molecule has 0 saturated heterocycles. The fourth-order valence-corrected chi connectivity index (χ4v) is 3.17. The number of nitrogens with zero attached hydrogens (tertiary/aromatic N) is 1. The molecule has 1 aliphatic rings. The molecule has 1 aromatic heterocycles. The normalized spacial score (nSPS) is 19.6. The van der Waals surface area contributed by atoms with Gasteiger partial charge in [0.1, 0.15) is 0 Å². The number of rotatable bonds is 1. The minimum atomic E-state index is 0.626. The number of nitrogens with one attached hydrogen (secondary N) is 1. The standard InChI is InChI=1S/C13H15BrN2/c1-16(2)11-4-8-3-10(14)6-12-13(8)9(5-11)7-15-12/h3,6-7,11,15H,4-5H2,1-2H3. The lowest BCUT2D eigenvalue weighted by Gasteiger charge is -2.28. The average molecular weight is 279 g/mol. The molecular formula is C13H15BrN2. The van der Waals surface area contributed by atoms with E-state index in [4.69, 9.17) is 0 Å². The number of hydrogen-bond acceptors (Lipinski definition) is 1. The second kappa shape index (κ2) is 3.60. The molecule has 2 aromatic rings. The van der Waals surface area contributed by atoms with Gasteiger partial charge in [-0.05, 0) is 50.2 Å². The number of aromatic amines is 1. The SMILES string of the molecule is CN(C)C1Cc2c[nH]c3cc(Br)cc(c23)C1. The summed E-state index contributed by atoms with van der Waals surface area (Å²) >= 11 is 3.58. The van der Waals surface area contributed by atoms with Crippen LogP contribution >= 0.6 is 15.9 Å². The summed E-state index contributed by atoms with van der Waals surface area (Å²) in [6.45, 7) is 0. The van der Waals surface area contributed by atoms with Crippen LogP contribution in [0.3, 0.4) is 0 Å². The van der Waals surface area contributed by atoms with Gasteiger partial charge in [-0.25, -0.2) is 0 Å². The number of benzene rings is 1. The van der Waals surface area contributed by atoms with Gasteiger partial charge < -0.3 is 9.88 Å². The summed E-state index contributed by atoms with van der Waals surface area (Å²) in [5.41, 5.74) is 4.18. The van der Waals surface area contributed by atoms with Crippen LogP contribution in [0.5, 0.6) is 0 Å². The van der Waals surface area contributed by atoms with Crippen molar-refractivity contribution in [3.05, 3.63) is 33.9 Å². The molecule has 1 aromatic carbocycles. The van der Waals surface area contributed by atoms with Crippen LogP contribution in [0, 0.1) is 0 Å². The number of halogens is 1. The Morgan fingerprint density at radius 2 is 2.00 bits per heavy atom. The van der Waals surface area contributed by atoms with E-state index in [2.05, 4.69) is 58.2 Å². The first-order valence-electron chi connectivity index (χ1n) is 5.60. The summed E-state index contributed by atoms with van der Waals surface area (Å²) in [5, 5.41) is 1.45. The lowest BCUT2D eigenvalue weighted by atomic mass is 9.89. The maximum atomic E-state index is 3.58. The highest BCUT2D eigenvalue weighted by Crippen LogP contribution is 2.33. The third kappa shape index (κ3) is 1.50. The molecule has 0 radical (unpaired) electrons. The molecule has 0 amide bonds. The van der Waals surface area contributed by atoms with Gasteiger partial charge in [-0.15, -0.1) is 0 Å². The molecule has 0 bridgehead atoms. The fourth-order valence-electron chi connectivity index (χ4n) is 2.66. The van der Waals surface area contributed by atoms with E-state index in [1.165, 1.54) is 26.5 Å². The molecule has 1 atom stereocenters. The molecule has 0 saturated carbocycles. The highest BCUT2D eigenvalue weighted by atomic mass is 79.9. The van der Waals surface area contributed by atoms with Gasteiger partial charge in [0.25, 0.3) is 0 Å². The maximum absolute atomic E-state index is 3.58. The van der Waals surface area contributed by atoms with Crippen molar-refractivity contribution in [1.29, 1.82) is 0 Å². The molecule has 1 heterocycles. The first-order chi connectivity index (χ1) is 7.65. The van der Waals surface area contributed by atoms with Gasteiger partial charge in [0, 0.05) is 27.6 Å². The van der Waals surface area contributed by atoms with E-state index >= 15 is 0 Å². The summed E-state index contributed by atoms with van der Waals surface area (Å²) in [6.07, 6.45) is 4.46. The highest BCUT2D eigenvalue weighted by molar-refractivity contribution is 9.10. The first kappa shape index (κ1) is 10.4. The Morgan fingerprint density at radius 3 is 2.75 bits per heavy atom. The van der Waals surface area contributed by atoms with Gasteiger partial charge >= 0.3 is 0 Å². The number of likely N-dealkylation sites (N-methyl/N-ethyl adjacent to an activating group) is 1. The van der Waals surface area contributed by atoms with Crippen LogP contribution in [-0.2, 0) is 12.8 Å². The third-order valence-corrected chi connectivity index (χ3v) is 4.01. The van der Waals surface area contributed by atoms with E-state index in [0.29, 0.717) is 6.04 Å². The molecule has 3 rings (SSSR count). The minimum absolute atomic E-state index is 0.626. The predicted octanol–water partition coefficient (Wildman–Crippen LogP) is 2.96. The molecule has 0 spiro atoms. The summed E-state index contributed by atoms with van der Waals surface area (Å²) in [6, 6.07) is 5.05. The monoisotopic (exact) mass is 278 g/mol. The van der Waals surface area contributed by atoms with E-state index < -0.39 is 0 Å².